The van der Waals surface area contributed by atoms with Crippen LogP contribution in [0.1, 0.15) is 18.5 Å². The molecule has 0 radical (unpaired) electrons. The fourth-order valence-corrected chi connectivity index (χ4v) is 3.13. The third-order valence-corrected chi connectivity index (χ3v) is 4.61. The van der Waals surface area contributed by atoms with Gasteiger partial charge >= 0.3 is 0 Å². The molecule has 1 atom stereocenters. The summed E-state index contributed by atoms with van der Waals surface area (Å²) in [5.41, 5.74) is 2.14. The molecule has 1 amide bonds. The molecule has 1 saturated heterocycles. The zero-order chi connectivity index (χ0) is 17.6. The first-order chi connectivity index (χ1) is 12.1. The van der Waals surface area contributed by atoms with E-state index in [1.54, 1.807) is 12.1 Å². The van der Waals surface area contributed by atoms with E-state index in [0.717, 1.165) is 37.4 Å². The van der Waals surface area contributed by atoms with E-state index in [2.05, 4.69) is 15.1 Å². The van der Waals surface area contributed by atoms with Crippen molar-refractivity contribution in [2.24, 2.45) is 0 Å². The lowest BCUT2D eigenvalue weighted by Crippen LogP contribution is -2.49. The molecule has 0 aliphatic carbocycles. The van der Waals surface area contributed by atoms with Crippen molar-refractivity contribution in [3.63, 3.8) is 0 Å². The van der Waals surface area contributed by atoms with Crippen molar-refractivity contribution in [2.75, 3.05) is 37.6 Å². The summed E-state index contributed by atoms with van der Waals surface area (Å²) in [6.07, 6.45) is 0. The van der Waals surface area contributed by atoms with Gasteiger partial charge in [0.15, 0.2) is 0 Å². The first-order valence-electron chi connectivity index (χ1n) is 8.69. The number of hydrogen-bond donors (Lipinski definition) is 1. The molecule has 4 nitrogen and oxygen atoms in total. The van der Waals surface area contributed by atoms with Crippen LogP contribution in [-0.2, 0) is 4.79 Å². The van der Waals surface area contributed by atoms with Gasteiger partial charge in [0.05, 0.1) is 12.6 Å². The zero-order valence-corrected chi connectivity index (χ0v) is 14.5. The maximum Gasteiger partial charge on any atom is 0.234 e. The van der Waals surface area contributed by atoms with Gasteiger partial charge in [-0.15, -0.1) is 0 Å². The summed E-state index contributed by atoms with van der Waals surface area (Å²) >= 11 is 0. The highest BCUT2D eigenvalue weighted by Gasteiger charge is 2.20. The number of rotatable bonds is 5. The molecule has 0 spiro atoms. The molecule has 25 heavy (non-hydrogen) atoms. The second kappa shape index (κ2) is 8.12. The van der Waals surface area contributed by atoms with E-state index < -0.39 is 0 Å². The van der Waals surface area contributed by atoms with Crippen LogP contribution in [0.3, 0.4) is 0 Å². The highest BCUT2D eigenvalue weighted by Crippen LogP contribution is 2.17. The van der Waals surface area contributed by atoms with E-state index >= 15 is 0 Å². The first kappa shape index (κ1) is 17.4. The van der Waals surface area contributed by atoms with E-state index in [4.69, 9.17) is 0 Å². The van der Waals surface area contributed by atoms with Gasteiger partial charge in [-0.1, -0.05) is 30.3 Å². The second-order valence-corrected chi connectivity index (χ2v) is 6.44. The van der Waals surface area contributed by atoms with Crippen LogP contribution in [0.15, 0.2) is 54.6 Å². The number of piperazine rings is 1. The van der Waals surface area contributed by atoms with Crippen molar-refractivity contribution in [1.82, 2.24) is 10.2 Å². The Morgan fingerprint density at radius 1 is 1.04 bits per heavy atom. The molecular weight excluding hydrogens is 317 g/mol. The number of halogens is 1. The zero-order valence-electron chi connectivity index (χ0n) is 14.5. The lowest BCUT2D eigenvalue weighted by molar-refractivity contribution is -0.123. The predicted octanol–water partition coefficient (Wildman–Crippen LogP) is 2.83. The molecule has 1 aliphatic heterocycles. The van der Waals surface area contributed by atoms with E-state index in [1.165, 1.54) is 12.1 Å². The summed E-state index contributed by atoms with van der Waals surface area (Å²) in [4.78, 5) is 16.7. The van der Waals surface area contributed by atoms with Gasteiger partial charge in [0, 0.05) is 31.9 Å². The van der Waals surface area contributed by atoms with Gasteiger partial charge in [0.1, 0.15) is 5.82 Å². The van der Waals surface area contributed by atoms with E-state index in [9.17, 15) is 9.18 Å². The van der Waals surface area contributed by atoms with Crippen LogP contribution in [0.25, 0.3) is 0 Å². The van der Waals surface area contributed by atoms with Crippen molar-refractivity contribution in [2.45, 2.75) is 13.0 Å². The minimum absolute atomic E-state index is 0.00852. The molecule has 2 aromatic carbocycles. The summed E-state index contributed by atoms with van der Waals surface area (Å²) in [5.74, 6) is -0.168. The summed E-state index contributed by atoms with van der Waals surface area (Å²) in [6, 6.07) is 16.6. The fraction of sp³-hybridized carbons (Fsp3) is 0.350. The number of amides is 1. The summed E-state index contributed by atoms with van der Waals surface area (Å²) < 4.78 is 13.0. The van der Waals surface area contributed by atoms with Crippen molar-refractivity contribution in [3.05, 3.63) is 66.0 Å². The monoisotopic (exact) mass is 341 g/mol. The maximum atomic E-state index is 13.0. The molecule has 0 unspecified atom stereocenters. The third-order valence-electron chi connectivity index (χ3n) is 4.61. The van der Waals surface area contributed by atoms with Gasteiger partial charge in [0.2, 0.25) is 5.91 Å². The minimum Gasteiger partial charge on any atom is -0.369 e. The number of hydrogen-bond acceptors (Lipinski definition) is 3. The van der Waals surface area contributed by atoms with Crippen molar-refractivity contribution < 1.29 is 9.18 Å². The molecule has 1 heterocycles. The lowest BCUT2D eigenvalue weighted by atomic mass is 10.1. The van der Waals surface area contributed by atoms with Crippen molar-refractivity contribution >= 4 is 11.6 Å². The minimum atomic E-state index is -0.216. The van der Waals surface area contributed by atoms with Crippen LogP contribution in [0.2, 0.25) is 0 Å². The second-order valence-electron chi connectivity index (χ2n) is 6.44. The number of anilines is 1. The van der Waals surface area contributed by atoms with Crippen LogP contribution < -0.4 is 10.2 Å². The number of benzene rings is 2. The van der Waals surface area contributed by atoms with Crippen molar-refractivity contribution in [3.8, 4) is 0 Å². The Hall–Kier alpha value is -2.40. The van der Waals surface area contributed by atoms with E-state index in [-0.39, 0.29) is 17.8 Å². The smallest absolute Gasteiger partial charge is 0.234 e. The molecule has 0 saturated carbocycles. The molecule has 1 aliphatic rings. The molecule has 1 N–H and O–H groups in total. The van der Waals surface area contributed by atoms with Gasteiger partial charge in [-0.2, -0.15) is 0 Å². The Balaban J connectivity index is 1.45. The molecule has 132 valence electrons. The van der Waals surface area contributed by atoms with E-state index in [0.29, 0.717) is 6.54 Å². The summed E-state index contributed by atoms with van der Waals surface area (Å²) in [7, 11) is 0. The summed E-state index contributed by atoms with van der Waals surface area (Å²) in [6.45, 7) is 5.74. The molecule has 0 bridgehead atoms. The topological polar surface area (TPSA) is 35.6 Å². The Bertz CT molecular complexity index is 682. The standard InChI is InChI=1S/C20H24FN3O/c1-16(17-5-3-2-4-6-17)22-20(25)15-23-11-13-24(14-12-23)19-9-7-18(21)8-10-19/h2-10,16H,11-15H2,1H3,(H,22,25)/t16-/m1/s1. The SMILES string of the molecule is C[C@@H](NC(=O)CN1CCN(c2ccc(F)cc2)CC1)c1ccccc1. The molecule has 0 aromatic heterocycles. The predicted molar refractivity (Wildman–Crippen MR) is 98.1 cm³/mol. The fourth-order valence-electron chi connectivity index (χ4n) is 3.13. The Kier molecular flexibility index (Phi) is 5.66. The molecule has 5 heteroatoms. The number of carbonyl (C=O) groups excluding carboxylic acids is 1. The van der Waals surface area contributed by atoms with Gasteiger partial charge in [-0.25, -0.2) is 4.39 Å². The average Bonchev–Trinajstić information content (AvgIpc) is 2.64. The van der Waals surface area contributed by atoms with Crippen molar-refractivity contribution in [1.29, 1.82) is 0 Å². The van der Waals surface area contributed by atoms with Gasteiger partial charge in [-0.3, -0.25) is 9.69 Å². The van der Waals surface area contributed by atoms with Gasteiger partial charge in [0.25, 0.3) is 0 Å². The highest BCUT2D eigenvalue weighted by atomic mass is 19.1. The van der Waals surface area contributed by atoms with Crippen LogP contribution >= 0.6 is 0 Å². The largest absolute Gasteiger partial charge is 0.369 e. The average molecular weight is 341 g/mol. The third kappa shape index (κ3) is 4.79. The Morgan fingerprint density at radius 2 is 1.68 bits per heavy atom. The Morgan fingerprint density at radius 3 is 2.32 bits per heavy atom. The number of carbonyl (C=O) groups is 1. The normalized spacial score (nSPS) is 16.5. The Labute approximate surface area is 148 Å². The molecule has 1 fully saturated rings. The van der Waals surface area contributed by atoms with Crippen LogP contribution in [0.4, 0.5) is 10.1 Å². The summed E-state index contributed by atoms with van der Waals surface area (Å²) in [5, 5.41) is 3.06. The van der Waals surface area contributed by atoms with E-state index in [1.807, 2.05) is 37.3 Å². The molecule has 2 aromatic rings. The lowest BCUT2D eigenvalue weighted by Gasteiger charge is -2.35. The molecular formula is C20H24FN3O. The van der Waals surface area contributed by atoms with Crippen LogP contribution in [0, 0.1) is 5.82 Å². The quantitative estimate of drug-likeness (QED) is 0.908. The van der Waals surface area contributed by atoms with Crippen LogP contribution in [0.5, 0.6) is 0 Å². The highest BCUT2D eigenvalue weighted by molar-refractivity contribution is 5.78. The molecule has 3 rings (SSSR count). The number of nitrogens with zero attached hydrogens (tertiary/aromatic N) is 2. The van der Waals surface area contributed by atoms with Crippen LogP contribution in [-0.4, -0.2) is 43.5 Å². The number of nitrogens with one attached hydrogen (secondary N) is 1. The van der Waals surface area contributed by atoms with Gasteiger partial charge in [-0.05, 0) is 36.8 Å². The first-order valence-corrected chi connectivity index (χ1v) is 8.69. The van der Waals surface area contributed by atoms with Gasteiger partial charge < -0.3 is 10.2 Å². The maximum absolute atomic E-state index is 13.0.